The highest BCUT2D eigenvalue weighted by atomic mass is 15.0. The molecular weight excluding hydrogens is 353 g/mol. The molecule has 29 heavy (non-hydrogen) atoms. The summed E-state index contributed by atoms with van der Waals surface area (Å²) in [5.41, 5.74) is 7.41. The summed E-state index contributed by atoms with van der Waals surface area (Å²) in [6.07, 6.45) is 6.20. The van der Waals surface area contributed by atoms with Gasteiger partial charge in [0.05, 0.1) is 26.2 Å². The molecule has 3 rings (SSSR count). The van der Waals surface area contributed by atoms with Gasteiger partial charge in [0, 0.05) is 18.4 Å². The molecule has 0 aliphatic rings. The first-order valence-corrected chi connectivity index (χ1v) is 9.86. The summed E-state index contributed by atoms with van der Waals surface area (Å²) in [5, 5.41) is 8.54. The molecule has 0 aliphatic heterocycles. The van der Waals surface area contributed by atoms with Gasteiger partial charge in [-0.05, 0) is 55.5 Å². The summed E-state index contributed by atoms with van der Waals surface area (Å²) in [7, 11) is 5.73. The zero-order valence-corrected chi connectivity index (χ0v) is 17.8. The number of allylic oxidation sites excluding steroid dienone is 1. The molecule has 0 N–H and O–H groups in total. The largest absolute Gasteiger partial charge is 0.334 e. The van der Waals surface area contributed by atoms with E-state index in [-0.39, 0.29) is 5.92 Å². The van der Waals surface area contributed by atoms with Crippen molar-refractivity contribution in [2.75, 3.05) is 0 Å². The van der Waals surface area contributed by atoms with Gasteiger partial charge >= 0.3 is 0 Å². The Morgan fingerprint density at radius 3 is 2.03 bits per heavy atom. The lowest BCUT2D eigenvalue weighted by Crippen LogP contribution is -2.05. The van der Waals surface area contributed by atoms with Crippen molar-refractivity contribution in [2.24, 2.45) is 5.92 Å². The van der Waals surface area contributed by atoms with E-state index in [1.54, 1.807) is 12.5 Å². The fourth-order valence-corrected chi connectivity index (χ4v) is 3.15. The molecule has 2 aromatic carbocycles. The summed E-state index contributed by atoms with van der Waals surface area (Å²) in [6.45, 7) is 8.90. The SMILES string of the molecule is Cc1cncn1CC(C)C#N.[B]CC=C(c1ccccc1C)c1ccccc1C. The van der Waals surface area contributed by atoms with Crippen LogP contribution in [0.1, 0.15) is 34.9 Å². The Hall–Kier alpha value is -3.06. The smallest absolute Gasteiger partial charge is 0.0948 e. The van der Waals surface area contributed by atoms with E-state index in [4.69, 9.17) is 13.1 Å². The second-order valence-corrected chi connectivity index (χ2v) is 7.20. The van der Waals surface area contributed by atoms with E-state index in [1.807, 2.05) is 18.4 Å². The van der Waals surface area contributed by atoms with Crippen molar-refractivity contribution >= 4 is 13.4 Å². The van der Waals surface area contributed by atoms with Crippen LogP contribution in [-0.2, 0) is 6.54 Å². The van der Waals surface area contributed by atoms with Crippen LogP contribution in [0.15, 0.2) is 67.1 Å². The fraction of sp³-hybridized carbons (Fsp3) is 0.280. The van der Waals surface area contributed by atoms with E-state index in [1.165, 1.54) is 27.8 Å². The maximum Gasteiger partial charge on any atom is 0.0948 e. The van der Waals surface area contributed by atoms with Gasteiger partial charge in [-0.15, -0.1) is 0 Å². The van der Waals surface area contributed by atoms with Crippen molar-refractivity contribution in [2.45, 2.75) is 40.6 Å². The molecule has 1 unspecified atom stereocenters. The van der Waals surface area contributed by atoms with Gasteiger partial charge in [0.1, 0.15) is 0 Å². The monoisotopic (exact) mass is 381 g/mol. The second kappa shape index (κ2) is 11.1. The first-order chi connectivity index (χ1) is 14.0. The average molecular weight is 381 g/mol. The molecule has 0 saturated heterocycles. The number of aryl methyl sites for hydroxylation is 3. The number of benzene rings is 2. The molecule has 146 valence electrons. The predicted molar refractivity (Wildman–Crippen MR) is 122 cm³/mol. The van der Waals surface area contributed by atoms with Gasteiger partial charge in [-0.3, -0.25) is 0 Å². The van der Waals surface area contributed by atoms with E-state index in [0.717, 1.165) is 12.2 Å². The average Bonchev–Trinajstić information content (AvgIpc) is 3.12. The Kier molecular flexibility index (Phi) is 8.49. The third-order valence-corrected chi connectivity index (χ3v) is 4.80. The van der Waals surface area contributed by atoms with Gasteiger partial charge in [-0.1, -0.05) is 60.9 Å². The maximum atomic E-state index is 8.54. The molecule has 0 aliphatic carbocycles. The number of aromatic nitrogens is 2. The molecule has 0 spiro atoms. The molecule has 1 heterocycles. The number of nitriles is 1. The minimum Gasteiger partial charge on any atom is -0.334 e. The molecule has 0 amide bonds. The van der Waals surface area contributed by atoms with Crippen molar-refractivity contribution < 1.29 is 0 Å². The van der Waals surface area contributed by atoms with E-state index >= 15 is 0 Å². The summed E-state index contributed by atoms with van der Waals surface area (Å²) in [5.74, 6) is 0.0582. The van der Waals surface area contributed by atoms with E-state index in [0.29, 0.717) is 6.32 Å². The molecule has 0 fully saturated rings. The van der Waals surface area contributed by atoms with Crippen LogP contribution in [0, 0.1) is 38.0 Å². The minimum atomic E-state index is 0.0582. The molecule has 3 aromatic rings. The molecular formula is C25H28BN3. The molecule has 0 saturated carbocycles. The zero-order valence-electron chi connectivity index (χ0n) is 17.8. The Morgan fingerprint density at radius 1 is 1.07 bits per heavy atom. The Bertz CT molecular complexity index is 948. The Labute approximate surface area is 176 Å². The number of hydrogen-bond donors (Lipinski definition) is 0. The van der Waals surface area contributed by atoms with Gasteiger partial charge in [-0.25, -0.2) is 4.98 Å². The third-order valence-electron chi connectivity index (χ3n) is 4.80. The van der Waals surface area contributed by atoms with Gasteiger partial charge in [-0.2, -0.15) is 5.26 Å². The van der Waals surface area contributed by atoms with E-state index < -0.39 is 0 Å². The second-order valence-electron chi connectivity index (χ2n) is 7.20. The summed E-state index contributed by atoms with van der Waals surface area (Å²) >= 11 is 0. The zero-order chi connectivity index (χ0) is 21.2. The van der Waals surface area contributed by atoms with Crippen molar-refractivity contribution in [1.82, 2.24) is 9.55 Å². The van der Waals surface area contributed by atoms with Crippen LogP contribution in [0.2, 0.25) is 6.32 Å². The minimum absolute atomic E-state index is 0.0582. The maximum absolute atomic E-state index is 8.54. The van der Waals surface area contributed by atoms with Gasteiger partial charge in [0.25, 0.3) is 0 Å². The highest BCUT2D eigenvalue weighted by Crippen LogP contribution is 2.28. The van der Waals surface area contributed by atoms with Crippen LogP contribution in [-0.4, -0.2) is 17.4 Å². The van der Waals surface area contributed by atoms with Crippen molar-refractivity contribution in [3.63, 3.8) is 0 Å². The topological polar surface area (TPSA) is 41.6 Å². The fourth-order valence-electron chi connectivity index (χ4n) is 3.15. The van der Waals surface area contributed by atoms with Gasteiger partial charge in [0.2, 0.25) is 0 Å². The Morgan fingerprint density at radius 2 is 1.62 bits per heavy atom. The molecule has 1 aromatic heterocycles. The summed E-state index contributed by atoms with van der Waals surface area (Å²) < 4.78 is 1.98. The third kappa shape index (κ3) is 6.22. The van der Waals surface area contributed by atoms with Crippen LogP contribution in [0.25, 0.3) is 5.57 Å². The molecule has 4 heteroatoms. The van der Waals surface area contributed by atoms with Crippen molar-refractivity contribution in [3.05, 3.63) is 95.1 Å². The molecule has 1 atom stereocenters. The first kappa shape index (κ1) is 22.2. The van der Waals surface area contributed by atoms with Crippen LogP contribution in [0.3, 0.4) is 0 Å². The van der Waals surface area contributed by atoms with Gasteiger partial charge < -0.3 is 4.57 Å². The molecule has 0 bridgehead atoms. The normalized spacial score (nSPS) is 11.0. The lowest BCUT2D eigenvalue weighted by Gasteiger charge is -2.13. The van der Waals surface area contributed by atoms with Crippen LogP contribution < -0.4 is 0 Å². The predicted octanol–water partition coefficient (Wildman–Crippen LogP) is 5.67. The van der Waals surface area contributed by atoms with Crippen LogP contribution in [0.5, 0.6) is 0 Å². The molecule has 2 radical (unpaired) electrons. The van der Waals surface area contributed by atoms with E-state index in [2.05, 4.69) is 79.5 Å². The summed E-state index contributed by atoms with van der Waals surface area (Å²) in [6, 6.07) is 19.0. The molecule has 3 nitrogen and oxygen atoms in total. The first-order valence-electron chi connectivity index (χ1n) is 9.86. The Balaban J connectivity index is 0.000000234. The van der Waals surface area contributed by atoms with Crippen molar-refractivity contribution in [1.29, 1.82) is 5.26 Å². The highest BCUT2D eigenvalue weighted by Gasteiger charge is 2.08. The van der Waals surface area contributed by atoms with E-state index in [9.17, 15) is 0 Å². The van der Waals surface area contributed by atoms with Crippen LogP contribution in [0.4, 0.5) is 0 Å². The number of rotatable bonds is 5. The summed E-state index contributed by atoms with van der Waals surface area (Å²) in [4.78, 5) is 3.96. The van der Waals surface area contributed by atoms with Gasteiger partial charge in [0.15, 0.2) is 0 Å². The highest BCUT2D eigenvalue weighted by molar-refractivity contribution is 6.10. The number of imidazole rings is 1. The van der Waals surface area contributed by atoms with Crippen molar-refractivity contribution in [3.8, 4) is 6.07 Å². The lowest BCUT2D eigenvalue weighted by atomic mass is 9.89. The number of hydrogen-bond acceptors (Lipinski definition) is 2. The quantitative estimate of drug-likeness (QED) is 0.534. The van der Waals surface area contributed by atoms with Crippen LogP contribution >= 0.6 is 0 Å². The standard InChI is InChI=1S/C17H17B.C8H11N3/c1-13-7-3-5-9-15(13)17(11-12-18)16-10-6-4-8-14(16)2;1-7(3-9)5-11-6-10-4-8(11)2/h3-11H,12H2,1-2H3;4,6-7H,5H2,1-2H3. The lowest BCUT2D eigenvalue weighted by molar-refractivity contribution is 0.569. The number of nitrogens with zero attached hydrogens (tertiary/aromatic N) is 3.